The summed E-state index contributed by atoms with van der Waals surface area (Å²) in [7, 11) is 0. The van der Waals surface area contributed by atoms with E-state index in [1.165, 1.54) is 0 Å². The number of carbonyl (C=O) groups is 1. The van der Waals surface area contributed by atoms with Gasteiger partial charge in [-0.3, -0.25) is 9.48 Å². The Labute approximate surface area is 169 Å². The van der Waals surface area contributed by atoms with Gasteiger partial charge in [-0.05, 0) is 62.4 Å². The summed E-state index contributed by atoms with van der Waals surface area (Å²) < 4.78 is 22.2. The van der Waals surface area contributed by atoms with Crippen LogP contribution in [0.5, 0.6) is 0 Å². The van der Waals surface area contributed by atoms with E-state index >= 15 is 0 Å². The second kappa shape index (κ2) is 7.26. The summed E-state index contributed by atoms with van der Waals surface area (Å²) in [6.45, 7) is 3.19. The lowest BCUT2D eigenvalue weighted by molar-refractivity contribution is 0.0946. The number of amides is 1. The Kier molecular flexibility index (Phi) is 4.59. The molecule has 1 atom stereocenters. The van der Waals surface area contributed by atoms with E-state index in [9.17, 15) is 9.18 Å². The third-order valence-electron chi connectivity index (χ3n) is 5.92. The fourth-order valence-corrected chi connectivity index (χ4v) is 4.28. The van der Waals surface area contributed by atoms with Crippen LogP contribution in [0.2, 0.25) is 0 Å². The Hall–Kier alpha value is -2.73. The van der Waals surface area contributed by atoms with Crippen LogP contribution in [0.3, 0.4) is 0 Å². The van der Waals surface area contributed by atoms with Gasteiger partial charge >= 0.3 is 0 Å². The minimum absolute atomic E-state index is 0.0392. The molecule has 1 amide bonds. The maximum atomic E-state index is 14.8. The molecular weight excluding hydrogens is 369 g/mol. The van der Waals surface area contributed by atoms with E-state index in [4.69, 9.17) is 4.74 Å². The van der Waals surface area contributed by atoms with Crippen molar-refractivity contribution < 1.29 is 13.9 Å². The molecular formula is C23H24FN3O2. The number of aromatic nitrogens is 2. The zero-order chi connectivity index (χ0) is 20.0. The third-order valence-corrected chi connectivity index (χ3v) is 5.92. The Morgan fingerprint density at radius 3 is 2.69 bits per heavy atom. The lowest BCUT2D eigenvalue weighted by Crippen LogP contribution is -2.33. The average Bonchev–Trinajstić information content (AvgIpc) is 3.33. The molecule has 5 rings (SSSR count). The van der Waals surface area contributed by atoms with Gasteiger partial charge in [0.05, 0.1) is 23.6 Å². The number of rotatable bonds is 5. The molecule has 1 saturated heterocycles. The third kappa shape index (κ3) is 3.31. The van der Waals surface area contributed by atoms with Gasteiger partial charge in [-0.1, -0.05) is 18.2 Å². The molecule has 1 aromatic heterocycles. The van der Waals surface area contributed by atoms with Crippen LogP contribution in [0, 0.1) is 12.9 Å². The van der Waals surface area contributed by atoms with Gasteiger partial charge in [-0.15, -0.1) is 5.10 Å². The Bertz CT molecular complexity index is 1050. The van der Waals surface area contributed by atoms with Gasteiger partial charge in [-0.2, -0.15) is 4.39 Å². The number of fused-ring (bicyclic) bond motifs is 1. The summed E-state index contributed by atoms with van der Waals surface area (Å²) >= 11 is 0. The molecule has 5 nitrogen and oxygen atoms in total. The number of nitrogens with zero attached hydrogens (tertiary/aromatic N) is 3. The number of carbonyl (C=O) groups excluding carboxylic acids is 1. The molecule has 0 spiro atoms. The minimum atomic E-state index is -0.486. The SMILES string of the molecule is Cc1c(N(C(=O)c2ccccc2)C2CC2)ccc2c1c(F)nn2CC1CCCO1. The summed E-state index contributed by atoms with van der Waals surface area (Å²) in [5, 5.41) is 4.64. The first-order valence-corrected chi connectivity index (χ1v) is 10.3. The average molecular weight is 393 g/mol. The monoisotopic (exact) mass is 393 g/mol. The lowest BCUT2D eigenvalue weighted by Gasteiger charge is -2.25. The van der Waals surface area contributed by atoms with Gasteiger partial charge in [0.2, 0.25) is 5.95 Å². The van der Waals surface area contributed by atoms with Crippen LogP contribution >= 0.6 is 0 Å². The first kappa shape index (κ1) is 18.3. The molecule has 1 unspecified atom stereocenters. The van der Waals surface area contributed by atoms with Crippen LogP contribution in [0.1, 0.15) is 41.6 Å². The van der Waals surface area contributed by atoms with Crippen molar-refractivity contribution in [1.82, 2.24) is 9.78 Å². The molecule has 2 aliphatic rings. The molecule has 2 fully saturated rings. The molecule has 1 aliphatic carbocycles. The van der Waals surface area contributed by atoms with E-state index in [0.29, 0.717) is 17.5 Å². The number of hydrogen-bond donors (Lipinski definition) is 0. The largest absolute Gasteiger partial charge is 0.376 e. The molecule has 150 valence electrons. The number of anilines is 1. The van der Waals surface area contributed by atoms with Crippen molar-refractivity contribution in [3.8, 4) is 0 Å². The van der Waals surface area contributed by atoms with Crippen LogP contribution in [-0.4, -0.2) is 34.4 Å². The van der Waals surface area contributed by atoms with Crippen molar-refractivity contribution in [3.63, 3.8) is 0 Å². The zero-order valence-corrected chi connectivity index (χ0v) is 16.5. The van der Waals surface area contributed by atoms with Crippen molar-refractivity contribution in [3.05, 3.63) is 59.5 Å². The lowest BCUT2D eigenvalue weighted by atomic mass is 10.1. The maximum Gasteiger partial charge on any atom is 0.258 e. The number of hydrogen-bond acceptors (Lipinski definition) is 3. The predicted molar refractivity (Wildman–Crippen MR) is 110 cm³/mol. The van der Waals surface area contributed by atoms with E-state index < -0.39 is 5.95 Å². The van der Waals surface area contributed by atoms with Gasteiger partial charge in [0.15, 0.2) is 0 Å². The highest BCUT2D eigenvalue weighted by Crippen LogP contribution is 2.38. The molecule has 0 bridgehead atoms. The molecule has 0 N–H and O–H groups in total. The Morgan fingerprint density at radius 2 is 2.00 bits per heavy atom. The second-order valence-corrected chi connectivity index (χ2v) is 7.98. The predicted octanol–water partition coefficient (Wildman–Crippen LogP) is 4.47. The standard InChI is InChI=1S/C23H24FN3O2/c1-15-19(27(17-9-10-17)23(28)16-6-3-2-4-7-16)11-12-20-21(15)22(24)25-26(20)14-18-8-5-13-29-18/h2-4,6-7,11-12,17-18H,5,8-10,13-14H2,1H3. The summed E-state index contributed by atoms with van der Waals surface area (Å²) in [4.78, 5) is 15.1. The molecule has 1 aliphatic heterocycles. The summed E-state index contributed by atoms with van der Waals surface area (Å²) in [5.74, 6) is -0.525. The molecule has 6 heteroatoms. The van der Waals surface area contributed by atoms with Gasteiger partial charge in [-0.25, -0.2) is 0 Å². The fourth-order valence-electron chi connectivity index (χ4n) is 4.28. The van der Waals surface area contributed by atoms with Crippen LogP contribution in [0.15, 0.2) is 42.5 Å². The molecule has 2 heterocycles. The smallest absolute Gasteiger partial charge is 0.258 e. The number of halogens is 1. The second-order valence-electron chi connectivity index (χ2n) is 7.98. The molecule has 3 aromatic rings. The van der Waals surface area contributed by atoms with Crippen LogP contribution < -0.4 is 4.90 Å². The van der Waals surface area contributed by atoms with Gasteiger partial charge in [0, 0.05) is 23.9 Å². The van der Waals surface area contributed by atoms with E-state index in [0.717, 1.165) is 49.1 Å². The first-order valence-electron chi connectivity index (χ1n) is 10.3. The highest BCUT2D eigenvalue weighted by molar-refractivity contribution is 6.08. The Morgan fingerprint density at radius 1 is 1.21 bits per heavy atom. The highest BCUT2D eigenvalue weighted by Gasteiger charge is 2.35. The van der Waals surface area contributed by atoms with Crippen molar-refractivity contribution >= 4 is 22.5 Å². The maximum absolute atomic E-state index is 14.8. The molecule has 1 saturated carbocycles. The van der Waals surface area contributed by atoms with Crippen molar-refractivity contribution in [2.24, 2.45) is 0 Å². The van der Waals surface area contributed by atoms with E-state index in [1.54, 1.807) is 4.68 Å². The van der Waals surface area contributed by atoms with Crippen molar-refractivity contribution in [2.75, 3.05) is 11.5 Å². The quantitative estimate of drug-likeness (QED) is 0.642. The fraction of sp³-hybridized carbons (Fsp3) is 0.391. The van der Waals surface area contributed by atoms with Gasteiger partial charge < -0.3 is 9.64 Å². The number of benzene rings is 2. The van der Waals surface area contributed by atoms with Crippen molar-refractivity contribution in [1.29, 1.82) is 0 Å². The van der Waals surface area contributed by atoms with Crippen molar-refractivity contribution in [2.45, 2.75) is 51.3 Å². The van der Waals surface area contributed by atoms with E-state index in [2.05, 4.69) is 5.10 Å². The first-order chi connectivity index (χ1) is 14.1. The van der Waals surface area contributed by atoms with Gasteiger partial charge in [0.1, 0.15) is 0 Å². The zero-order valence-electron chi connectivity index (χ0n) is 16.5. The normalized spacial score (nSPS) is 19.0. The summed E-state index contributed by atoms with van der Waals surface area (Å²) in [5.41, 5.74) is 2.93. The number of ether oxygens (including phenoxy) is 1. The topological polar surface area (TPSA) is 47.4 Å². The summed E-state index contributed by atoms with van der Waals surface area (Å²) in [6.07, 6.45) is 4.03. The van der Waals surface area contributed by atoms with E-state index in [-0.39, 0.29) is 18.1 Å². The highest BCUT2D eigenvalue weighted by atomic mass is 19.1. The van der Waals surface area contributed by atoms with Crippen LogP contribution in [-0.2, 0) is 11.3 Å². The molecule has 0 radical (unpaired) electrons. The van der Waals surface area contributed by atoms with Crippen LogP contribution in [0.4, 0.5) is 10.1 Å². The molecule has 2 aromatic carbocycles. The van der Waals surface area contributed by atoms with Crippen LogP contribution in [0.25, 0.3) is 10.9 Å². The minimum Gasteiger partial charge on any atom is -0.376 e. The molecule has 29 heavy (non-hydrogen) atoms. The number of aryl methyl sites for hydroxylation is 1. The van der Waals surface area contributed by atoms with E-state index in [1.807, 2.05) is 54.3 Å². The summed E-state index contributed by atoms with van der Waals surface area (Å²) in [6, 6.07) is 13.3. The Balaban J connectivity index is 1.55. The van der Waals surface area contributed by atoms with Gasteiger partial charge in [0.25, 0.3) is 5.91 Å².